The molecule has 62 valence electrons. The molecule has 0 unspecified atom stereocenters. The van der Waals surface area contributed by atoms with Crippen molar-refractivity contribution >= 4 is 27.0 Å². The number of rotatable bonds is 0. The predicted octanol–water partition coefficient (Wildman–Crippen LogP) is 1.29. The molecule has 2 aromatic rings. The predicted molar refractivity (Wildman–Crippen MR) is 44.9 cm³/mol. The summed E-state index contributed by atoms with van der Waals surface area (Å²) in [6, 6.07) is 1.43. The van der Waals surface area contributed by atoms with E-state index in [1.807, 2.05) is 7.05 Å². The van der Waals surface area contributed by atoms with Gasteiger partial charge in [-0.2, -0.15) is 0 Å². The average Bonchev–Trinajstić information content (AvgIpc) is 2.31. The molecule has 5 heteroatoms. The summed E-state index contributed by atoms with van der Waals surface area (Å²) < 4.78 is 15.2. The summed E-state index contributed by atoms with van der Waals surface area (Å²) in [6.07, 6.45) is 1.19. The van der Waals surface area contributed by atoms with Gasteiger partial charge in [0.25, 0.3) is 4.60 Å². The van der Waals surface area contributed by atoms with Crippen molar-refractivity contribution in [3.8, 4) is 0 Å². The molecular formula is C7H6BrFN3+. The van der Waals surface area contributed by atoms with Gasteiger partial charge in [0.2, 0.25) is 0 Å². The van der Waals surface area contributed by atoms with Crippen LogP contribution < -0.4 is 4.68 Å². The van der Waals surface area contributed by atoms with E-state index in [-0.39, 0.29) is 5.82 Å². The number of aromatic nitrogens is 3. The smallest absolute Gasteiger partial charge is 0.231 e. The number of H-pyrrole nitrogens is 1. The van der Waals surface area contributed by atoms with Gasteiger partial charge in [-0.1, -0.05) is 0 Å². The number of halogens is 2. The minimum Gasteiger partial charge on any atom is -0.231 e. The molecule has 0 aliphatic carbocycles. The standard InChI is InChI=1S/C7H5BrFN3/c1-12-6(8)5-2-4(9)3-10-7(5)11-12/h2-3H,1H3/p+1. The molecule has 0 atom stereocenters. The second-order valence-electron chi connectivity index (χ2n) is 2.51. The molecule has 3 nitrogen and oxygen atoms in total. The maximum absolute atomic E-state index is 12.7. The van der Waals surface area contributed by atoms with E-state index in [1.165, 1.54) is 12.3 Å². The molecule has 2 aromatic heterocycles. The van der Waals surface area contributed by atoms with Crippen molar-refractivity contribution in [1.29, 1.82) is 0 Å². The molecule has 0 bridgehead atoms. The third-order valence-electron chi connectivity index (χ3n) is 1.64. The summed E-state index contributed by atoms with van der Waals surface area (Å²) >= 11 is 3.31. The summed E-state index contributed by atoms with van der Waals surface area (Å²) in [5, 5.41) is 3.69. The van der Waals surface area contributed by atoms with Crippen LogP contribution in [0.3, 0.4) is 0 Å². The number of aromatic amines is 1. The third-order valence-corrected chi connectivity index (χ3v) is 2.60. The monoisotopic (exact) mass is 230 g/mol. The van der Waals surface area contributed by atoms with E-state index in [9.17, 15) is 4.39 Å². The molecule has 0 aromatic carbocycles. The highest BCUT2D eigenvalue weighted by Gasteiger charge is 2.13. The number of hydrogen-bond acceptors (Lipinski definition) is 1. The fraction of sp³-hybridized carbons (Fsp3) is 0.143. The van der Waals surface area contributed by atoms with E-state index in [2.05, 4.69) is 26.0 Å². The summed E-state index contributed by atoms with van der Waals surface area (Å²) in [5.74, 6) is -0.331. The number of nitrogens with one attached hydrogen (secondary N) is 1. The fourth-order valence-electron chi connectivity index (χ4n) is 1.07. The molecule has 0 radical (unpaired) electrons. The van der Waals surface area contributed by atoms with Gasteiger partial charge in [0, 0.05) is 15.9 Å². The van der Waals surface area contributed by atoms with Crippen LogP contribution in [0, 0.1) is 5.82 Å². The lowest BCUT2D eigenvalue weighted by atomic mass is 10.3. The lowest BCUT2D eigenvalue weighted by Crippen LogP contribution is -2.30. The van der Waals surface area contributed by atoms with Gasteiger partial charge in [0.15, 0.2) is 12.7 Å². The van der Waals surface area contributed by atoms with E-state index in [0.29, 0.717) is 5.65 Å². The fourth-order valence-corrected chi connectivity index (χ4v) is 1.47. The number of pyridine rings is 1. The molecule has 0 fully saturated rings. The zero-order chi connectivity index (χ0) is 8.72. The first kappa shape index (κ1) is 7.67. The van der Waals surface area contributed by atoms with Crippen LogP contribution in [-0.4, -0.2) is 10.1 Å². The van der Waals surface area contributed by atoms with Gasteiger partial charge in [0.1, 0.15) is 11.2 Å². The lowest BCUT2D eigenvalue weighted by Gasteiger charge is -1.84. The maximum Gasteiger partial charge on any atom is 0.282 e. The Morgan fingerprint density at radius 3 is 3.17 bits per heavy atom. The van der Waals surface area contributed by atoms with Crippen LogP contribution in [-0.2, 0) is 7.05 Å². The van der Waals surface area contributed by atoms with Gasteiger partial charge in [-0.05, 0) is 6.07 Å². The number of nitrogens with zero attached hydrogens (tertiary/aromatic N) is 2. The molecule has 0 saturated heterocycles. The van der Waals surface area contributed by atoms with Crippen LogP contribution in [0.25, 0.3) is 11.0 Å². The van der Waals surface area contributed by atoms with Crippen LogP contribution >= 0.6 is 15.9 Å². The second kappa shape index (κ2) is 2.52. The minimum atomic E-state index is -0.331. The third kappa shape index (κ3) is 1.01. The van der Waals surface area contributed by atoms with Gasteiger partial charge in [-0.25, -0.2) is 9.37 Å². The van der Waals surface area contributed by atoms with Crippen LogP contribution in [0.1, 0.15) is 0 Å². The molecule has 0 saturated carbocycles. The Morgan fingerprint density at radius 1 is 1.67 bits per heavy atom. The van der Waals surface area contributed by atoms with E-state index >= 15 is 0 Å². The first-order valence-electron chi connectivity index (χ1n) is 3.37. The molecule has 12 heavy (non-hydrogen) atoms. The zero-order valence-corrected chi connectivity index (χ0v) is 7.89. The van der Waals surface area contributed by atoms with Crippen molar-refractivity contribution in [2.24, 2.45) is 7.05 Å². The van der Waals surface area contributed by atoms with Gasteiger partial charge in [0.05, 0.1) is 6.20 Å². The van der Waals surface area contributed by atoms with Crippen molar-refractivity contribution in [3.05, 3.63) is 22.7 Å². The van der Waals surface area contributed by atoms with Crippen molar-refractivity contribution in [3.63, 3.8) is 0 Å². The first-order chi connectivity index (χ1) is 5.68. The maximum atomic E-state index is 12.7. The van der Waals surface area contributed by atoms with Crippen molar-refractivity contribution in [1.82, 2.24) is 10.1 Å². The Labute approximate surface area is 76.3 Å². The van der Waals surface area contributed by atoms with E-state index in [0.717, 1.165) is 9.99 Å². The molecule has 1 N–H and O–H groups in total. The molecule has 0 aliphatic heterocycles. The van der Waals surface area contributed by atoms with Crippen LogP contribution in [0.4, 0.5) is 4.39 Å². The Kier molecular flexibility index (Phi) is 1.61. The highest BCUT2D eigenvalue weighted by molar-refractivity contribution is 9.10. The lowest BCUT2D eigenvalue weighted by molar-refractivity contribution is -0.734. The van der Waals surface area contributed by atoms with Crippen LogP contribution in [0.5, 0.6) is 0 Å². The SMILES string of the molecule is C[n+]1[nH]c2ncc(F)cc2c1Br. The minimum absolute atomic E-state index is 0.331. The summed E-state index contributed by atoms with van der Waals surface area (Å²) in [5.41, 5.74) is 0.672. The van der Waals surface area contributed by atoms with E-state index < -0.39 is 0 Å². The van der Waals surface area contributed by atoms with Gasteiger partial charge < -0.3 is 0 Å². The van der Waals surface area contributed by atoms with Gasteiger partial charge >= 0.3 is 0 Å². The van der Waals surface area contributed by atoms with Gasteiger partial charge in [-0.15, -0.1) is 9.78 Å². The number of aryl methyl sites for hydroxylation is 1. The molecule has 2 rings (SSSR count). The largest absolute Gasteiger partial charge is 0.282 e. The first-order valence-corrected chi connectivity index (χ1v) is 4.16. The van der Waals surface area contributed by atoms with Crippen molar-refractivity contribution in [2.75, 3.05) is 0 Å². The number of hydrogen-bond donors (Lipinski definition) is 1. The quantitative estimate of drug-likeness (QED) is 0.681. The van der Waals surface area contributed by atoms with Crippen molar-refractivity contribution in [2.45, 2.75) is 0 Å². The topological polar surface area (TPSA) is 32.6 Å². The van der Waals surface area contributed by atoms with Gasteiger partial charge in [-0.3, -0.25) is 0 Å². The Bertz CT molecular complexity index is 437. The van der Waals surface area contributed by atoms with Crippen molar-refractivity contribution < 1.29 is 9.07 Å². The highest BCUT2D eigenvalue weighted by Crippen LogP contribution is 2.17. The zero-order valence-electron chi connectivity index (χ0n) is 6.31. The summed E-state index contributed by atoms with van der Waals surface area (Å²) in [6.45, 7) is 0. The molecule has 0 spiro atoms. The average molecular weight is 231 g/mol. The Hall–Kier alpha value is -0.970. The number of fused-ring (bicyclic) bond motifs is 1. The summed E-state index contributed by atoms with van der Waals surface area (Å²) in [4.78, 5) is 3.88. The summed E-state index contributed by atoms with van der Waals surface area (Å²) in [7, 11) is 1.82. The molecular weight excluding hydrogens is 225 g/mol. The molecule has 2 heterocycles. The van der Waals surface area contributed by atoms with E-state index in [1.54, 1.807) is 4.68 Å². The Morgan fingerprint density at radius 2 is 2.42 bits per heavy atom. The Balaban J connectivity index is 2.88. The normalized spacial score (nSPS) is 10.9. The molecule has 0 amide bonds. The second-order valence-corrected chi connectivity index (χ2v) is 3.26. The van der Waals surface area contributed by atoms with Crippen LogP contribution in [0.2, 0.25) is 0 Å². The highest BCUT2D eigenvalue weighted by atomic mass is 79.9. The molecule has 0 aliphatic rings. The van der Waals surface area contributed by atoms with E-state index in [4.69, 9.17) is 0 Å². The van der Waals surface area contributed by atoms with Crippen LogP contribution in [0.15, 0.2) is 16.9 Å².